The van der Waals surface area contributed by atoms with E-state index in [1.165, 1.54) is 12.1 Å². The first-order chi connectivity index (χ1) is 15.6. The highest BCUT2D eigenvalue weighted by atomic mass is 16.6. The lowest BCUT2D eigenvalue weighted by Crippen LogP contribution is -2.54. The second kappa shape index (κ2) is 12.5. The van der Waals surface area contributed by atoms with Crippen LogP contribution in [-0.2, 0) is 20.7 Å². The molecule has 0 heterocycles. The summed E-state index contributed by atoms with van der Waals surface area (Å²) >= 11 is 0. The molecule has 1 aromatic rings. The molecule has 1 aromatic carbocycles. The molecule has 9 nitrogen and oxygen atoms in total. The van der Waals surface area contributed by atoms with E-state index in [2.05, 4.69) is 5.32 Å². The molecule has 0 aliphatic rings. The molecule has 2 atom stereocenters. The molecule has 0 spiro atoms. The van der Waals surface area contributed by atoms with E-state index in [1.807, 2.05) is 6.92 Å². The normalized spacial score (nSPS) is 13.5. The van der Waals surface area contributed by atoms with Crippen molar-refractivity contribution in [3.8, 4) is 5.75 Å². The molecular formula is C25H40N2O7. The summed E-state index contributed by atoms with van der Waals surface area (Å²) in [5.74, 6) is -1.15. The average Bonchev–Trinajstić information content (AvgIpc) is 2.66. The molecule has 2 amide bonds. The second-order valence-electron chi connectivity index (χ2n) is 10.3. The van der Waals surface area contributed by atoms with Crippen molar-refractivity contribution in [3.05, 3.63) is 29.8 Å². The zero-order valence-corrected chi connectivity index (χ0v) is 21.4. The number of rotatable bonds is 10. The van der Waals surface area contributed by atoms with Gasteiger partial charge in [-0.05, 0) is 65.7 Å². The largest absolute Gasteiger partial charge is 0.508 e. The summed E-state index contributed by atoms with van der Waals surface area (Å²) in [4.78, 5) is 39.0. The second-order valence-corrected chi connectivity index (χ2v) is 10.3. The standard InChI is InChI=1S/C25H40N2O7/c1-8-9-10-18(26-22(31)33-24(2,3)4)16-27(23(32)34-25(5,6)7)20(21(29)30)15-17-11-13-19(28)14-12-17/h11-14,18,20,28H,8-10,15-16H2,1-7H3,(H,26,31)(H,29,30)/t18-,20-/m0/s1. The van der Waals surface area contributed by atoms with Crippen LogP contribution in [0.4, 0.5) is 9.59 Å². The van der Waals surface area contributed by atoms with Crippen molar-refractivity contribution in [1.82, 2.24) is 10.2 Å². The van der Waals surface area contributed by atoms with Crippen LogP contribution >= 0.6 is 0 Å². The summed E-state index contributed by atoms with van der Waals surface area (Å²) < 4.78 is 10.9. The van der Waals surface area contributed by atoms with Gasteiger partial charge in [-0.25, -0.2) is 14.4 Å². The summed E-state index contributed by atoms with van der Waals surface area (Å²) in [6.07, 6.45) is 0.726. The van der Waals surface area contributed by atoms with Crippen molar-refractivity contribution in [1.29, 1.82) is 0 Å². The molecule has 0 aliphatic heterocycles. The van der Waals surface area contributed by atoms with Crippen molar-refractivity contribution in [2.75, 3.05) is 6.54 Å². The summed E-state index contributed by atoms with van der Waals surface area (Å²) in [6.45, 7) is 12.3. The Kier molecular flexibility index (Phi) is 10.7. The van der Waals surface area contributed by atoms with Crippen LogP contribution in [0.25, 0.3) is 0 Å². The number of carboxylic acid groups (broad SMARTS) is 1. The van der Waals surface area contributed by atoms with Gasteiger partial charge in [-0.1, -0.05) is 31.9 Å². The van der Waals surface area contributed by atoms with E-state index in [1.54, 1.807) is 53.7 Å². The van der Waals surface area contributed by atoms with Gasteiger partial charge in [-0.3, -0.25) is 4.90 Å². The van der Waals surface area contributed by atoms with Crippen LogP contribution in [0.1, 0.15) is 73.3 Å². The van der Waals surface area contributed by atoms with E-state index in [0.29, 0.717) is 12.0 Å². The number of benzene rings is 1. The number of unbranched alkanes of at least 4 members (excludes halogenated alkanes) is 1. The number of hydrogen-bond acceptors (Lipinski definition) is 6. The van der Waals surface area contributed by atoms with Gasteiger partial charge in [0, 0.05) is 19.0 Å². The highest BCUT2D eigenvalue weighted by molar-refractivity contribution is 5.80. The summed E-state index contributed by atoms with van der Waals surface area (Å²) in [5, 5.41) is 22.3. The maximum atomic E-state index is 13.1. The van der Waals surface area contributed by atoms with Crippen molar-refractivity contribution in [2.45, 2.75) is 97.4 Å². The van der Waals surface area contributed by atoms with E-state index in [9.17, 15) is 24.6 Å². The Bertz CT molecular complexity index is 810. The van der Waals surface area contributed by atoms with Crippen LogP contribution in [0.15, 0.2) is 24.3 Å². The van der Waals surface area contributed by atoms with Gasteiger partial charge in [0.2, 0.25) is 0 Å². The third kappa shape index (κ3) is 11.2. The summed E-state index contributed by atoms with van der Waals surface area (Å²) in [6, 6.07) is 4.34. The minimum absolute atomic E-state index is 0.00178. The minimum atomic E-state index is -1.25. The van der Waals surface area contributed by atoms with Gasteiger partial charge in [0.15, 0.2) is 0 Å². The van der Waals surface area contributed by atoms with E-state index in [0.717, 1.165) is 17.7 Å². The van der Waals surface area contributed by atoms with Gasteiger partial charge in [-0.2, -0.15) is 0 Å². The maximum Gasteiger partial charge on any atom is 0.411 e. The minimum Gasteiger partial charge on any atom is -0.508 e. The third-order valence-electron chi connectivity index (χ3n) is 4.70. The van der Waals surface area contributed by atoms with Gasteiger partial charge in [0.1, 0.15) is 23.0 Å². The van der Waals surface area contributed by atoms with Crippen LogP contribution in [-0.4, -0.2) is 63.1 Å². The first-order valence-electron chi connectivity index (χ1n) is 11.6. The fraction of sp³-hybridized carbons (Fsp3) is 0.640. The number of alkyl carbamates (subject to hydrolysis) is 1. The molecule has 9 heteroatoms. The van der Waals surface area contributed by atoms with Crippen LogP contribution in [0, 0.1) is 0 Å². The third-order valence-corrected chi connectivity index (χ3v) is 4.70. The number of hydrogen-bond donors (Lipinski definition) is 3. The highest BCUT2D eigenvalue weighted by Crippen LogP contribution is 2.19. The zero-order valence-electron chi connectivity index (χ0n) is 21.4. The number of aromatic hydroxyl groups is 1. The van der Waals surface area contributed by atoms with Gasteiger partial charge in [0.05, 0.1) is 0 Å². The van der Waals surface area contributed by atoms with Crippen molar-refractivity contribution in [2.24, 2.45) is 0 Å². The molecule has 0 fully saturated rings. The number of carboxylic acids is 1. The number of aliphatic carboxylic acids is 1. The van der Waals surface area contributed by atoms with Crippen molar-refractivity contribution < 1.29 is 34.1 Å². The smallest absolute Gasteiger partial charge is 0.411 e. The summed E-state index contributed by atoms with van der Waals surface area (Å²) in [5.41, 5.74) is -0.912. The predicted octanol–water partition coefficient (Wildman–Crippen LogP) is 4.71. The Morgan fingerprint density at radius 1 is 1.00 bits per heavy atom. The number of ether oxygens (including phenoxy) is 2. The lowest BCUT2D eigenvalue weighted by Gasteiger charge is -2.34. The van der Waals surface area contributed by atoms with E-state index in [4.69, 9.17) is 9.47 Å². The molecule has 1 rings (SSSR count). The number of phenols is 1. The van der Waals surface area contributed by atoms with E-state index < -0.39 is 41.4 Å². The first kappa shape index (κ1) is 29.1. The van der Waals surface area contributed by atoms with Crippen LogP contribution in [0.5, 0.6) is 5.75 Å². The molecule has 0 bridgehead atoms. The van der Waals surface area contributed by atoms with Crippen LogP contribution in [0.3, 0.4) is 0 Å². The lowest BCUT2D eigenvalue weighted by atomic mass is 10.0. The van der Waals surface area contributed by atoms with Crippen LogP contribution < -0.4 is 5.32 Å². The van der Waals surface area contributed by atoms with Crippen molar-refractivity contribution >= 4 is 18.2 Å². The molecule has 0 radical (unpaired) electrons. The Morgan fingerprint density at radius 2 is 1.56 bits per heavy atom. The molecule has 0 saturated carbocycles. The molecule has 3 N–H and O–H groups in total. The number of nitrogens with zero attached hydrogens (tertiary/aromatic N) is 1. The molecule has 0 aliphatic carbocycles. The quantitative estimate of drug-likeness (QED) is 0.443. The number of phenolic OH excluding ortho intramolecular Hbond substituents is 1. The number of carbonyl (C=O) groups is 3. The Balaban J connectivity index is 3.25. The predicted molar refractivity (Wildman–Crippen MR) is 129 cm³/mol. The Morgan fingerprint density at radius 3 is 2.03 bits per heavy atom. The lowest BCUT2D eigenvalue weighted by molar-refractivity contribution is -0.143. The Hall–Kier alpha value is -2.97. The number of nitrogens with one attached hydrogen (secondary N) is 1. The maximum absolute atomic E-state index is 13.1. The highest BCUT2D eigenvalue weighted by Gasteiger charge is 2.35. The zero-order chi connectivity index (χ0) is 26.1. The number of amides is 2. The molecule has 34 heavy (non-hydrogen) atoms. The molecule has 0 unspecified atom stereocenters. The number of carbonyl (C=O) groups excluding carboxylic acids is 2. The Labute approximate surface area is 202 Å². The fourth-order valence-corrected chi connectivity index (χ4v) is 3.21. The molecule has 0 saturated heterocycles. The monoisotopic (exact) mass is 480 g/mol. The van der Waals surface area contributed by atoms with Gasteiger partial charge < -0.3 is 25.0 Å². The molecule has 0 aromatic heterocycles. The van der Waals surface area contributed by atoms with E-state index in [-0.39, 0.29) is 18.7 Å². The molecular weight excluding hydrogens is 440 g/mol. The van der Waals surface area contributed by atoms with Crippen molar-refractivity contribution in [3.63, 3.8) is 0 Å². The fourth-order valence-electron chi connectivity index (χ4n) is 3.21. The van der Waals surface area contributed by atoms with Gasteiger partial charge in [0.25, 0.3) is 0 Å². The van der Waals surface area contributed by atoms with E-state index >= 15 is 0 Å². The first-order valence-corrected chi connectivity index (χ1v) is 11.6. The van der Waals surface area contributed by atoms with Crippen LogP contribution in [0.2, 0.25) is 0 Å². The topological polar surface area (TPSA) is 125 Å². The summed E-state index contributed by atoms with van der Waals surface area (Å²) in [7, 11) is 0. The SMILES string of the molecule is CCCC[C@@H](CN(C(=O)OC(C)(C)C)[C@@H](Cc1ccc(O)cc1)C(=O)O)NC(=O)OC(C)(C)C. The molecule has 192 valence electrons. The van der Waals surface area contributed by atoms with Gasteiger partial charge in [-0.15, -0.1) is 0 Å². The average molecular weight is 481 g/mol. The van der Waals surface area contributed by atoms with Gasteiger partial charge >= 0.3 is 18.2 Å².